The number of aromatic nitrogens is 2. The van der Waals surface area contributed by atoms with Gasteiger partial charge in [0.1, 0.15) is 0 Å². The van der Waals surface area contributed by atoms with Crippen molar-refractivity contribution in [3.05, 3.63) is 38.3 Å². The summed E-state index contributed by atoms with van der Waals surface area (Å²) < 4.78 is 7.36. The number of fused-ring (bicyclic) bond motifs is 1. The van der Waals surface area contributed by atoms with Crippen molar-refractivity contribution in [1.29, 1.82) is 0 Å². The number of hydrogen-bond acceptors (Lipinski definition) is 6. The van der Waals surface area contributed by atoms with Crippen LogP contribution in [-0.2, 0) is 16.1 Å². The van der Waals surface area contributed by atoms with Crippen molar-refractivity contribution in [3.8, 4) is 0 Å². The molecule has 0 amide bonds. The van der Waals surface area contributed by atoms with Gasteiger partial charge in [0.25, 0.3) is 5.56 Å². The number of halogens is 2. The number of carbonyl (C=O) groups excluding carboxylic acids is 1. The van der Waals surface area contributed by atoms with Gasteiger partial charge >= 0.3 is 0 Å². The van der Waals surface area contributed by atoms with E-state index in [1.54, 1.807) is 19.1 Å². The number of Topliss-reactive ketones (excluding diaryl/α,β-unsaturated/α-hetero) is 1. The number of carbonyl (C=O) groups is 1. The fraction of sp³-hybridized carbons (Fsp3) is 0.471. The molecule has 0 radical (unpaired) electrons. The molecule has 0 saturated carbocycles. The molecule has 1 aliphatic rings. The van der Waals surface area contributed by atoms with Gasteiger partial charge in [-0.1, -0.05) is 11.6 Å². The fourth-order valence-electron chi connectivity index (χ4n) is 3.13. The van der Waals surface area contributed by atoms with E-state index in [1.807, 2.05) is 0 Å². The Morgan fingerprint density at radius 1 is 1.58 bits per heavy atom. The fourth-order valence-corrected chi connectivity index (χ4v) is 3.62. The average molecular weight is 445 g/mol. The molecule has 2 N–H and O–H groups in total. The topological polar surface area (TPSA) is 93.4 Å². The van der Waals surface area contributed by atoms with Gasteiger partial charge in [-0.15, -0.1) is 0 Å². The van der Waals surface area contributed by atoms with Crippen LogP contribution in [0.3, 0.4) is 0 Å². The highest BCUT2D eigenvalue weighted by Gasteiger charge is 2.30. The number of nitrogens with one attached hydrogen (secondary N) is 1. The molecule has 3 atom stereocenters. The molecule has 9 heteroatoms. The Morgan fingerprint density at radius 2 is 2.35 bits per heavy atom. The van der Waals surface area contributed by atoms with Crippen LogP contribution in [0, 0.1) is 0 Å². The lowest BCUT2D eigenvalue weighted by Gasteiger charge is -2.21. The van der Waals surface area contributed by atoms with E-state index in [0.717, 1.165) is 13.0 Å². The molecule has 3 rings (SSSR count). The summed E-state index contributed by atoms with van der Waals surface area (Å²) in [6.45, 7) is 2.19. The van der Waals surface area contributed by atoms with Crippen LogP contribution in [0.1, 0.15) is 19.8 Å². The van der Waals surface area contributed by atoms with Crippen molar-refractivity contribution in [2.24, 2.45) is 0 Å². The minimum Gasteiger partial charge on any atom is -0.368 e. The molecule has 0 aliphatic carbocycles. The molecule has 1 fully saturated rings. The van der Waals surface area contributed by atoms with E-state index in [0.29, 0.717) is 20.4 Å². The van der Waals surface area contributed by atoms with E-state index in [4.69, 9.17) is 16.3 Å². The van der Waals surface area contributed by atoms with Crippen molar-refractivity contribution in [2.45, 2.75) is 44.7 Å². The summed E-state index contributed by atoms with van der Waals surface area (Å²) in [4.78, 5) is 29.3. The maximum absolute atomic E-state index is 12.6. The summed E-state index contributed by atoms with van der Waals surface area (Å²) in [7, 11) is 0. The second-order valence-corrected chi connectivity index (χ2v) is 7.59. The predicted octanol–water partition coefficient (Wildman–Crippen LogP) is 1.86. The van der Waals surface area contributed by atoms with Crippen molar-refractivity contribution in [2.75, 3.05) is 6.54 Å². The highest BCUT2D eigenvalue weighted by atomic mass is 79.9. The van der Waals surface area contributed by atoms with Crippen LogP contribution in [0.2, 0.25) is 5.02 Å². The number of nitrogens with zero attached hydrogens (tertiary/aromatic N) is 2. The van der Waals surface area contributed by atoms with E-state index in [1.165, 1.54) is 10.9 Å². The Balaban J connectivity index is 1.74. The van der Waals surface area contributed by atoms with E-state index in [9.17, 15) is 14.7 Å². The molecule has 1 aromatic carbocycles. The average Bonchev–Trinajstić information content (AvgIpc) is 2.98. The third-order valence-corrected chi connectivity index (χ3v) is 5.51. The SMILES string of the molecule is CC(O)OC1CCNC1CC(=O)Cn1cnc2cc(Br)c(Cl)cc2c1=O. The molecule has 3 unspecified atom stereocenters. The lowest BCUT2D eigenvalue weighted by Crippen LogP contribution is -2.37. The van der Waals surface area contributed by atoms with E-state index < -0.39 is 6.29 Å². The molecule has 2 heterocycles. The van der Waals surface area contributed by atoms with Gasteiger partial charge in [0.2, 0.25) is 0 Å². The van der Waals surface area contributed by atoms with Crippen LogP contribution in [0.4, 0.5) is 0 Å². The maximum Gasteiger partial charge on any atom is 0.261 e. The van der Waals surface area contributed by atoms with Crippen LogP contribution in [0.5, 0.6) is 0 Å². The van der Waals surface area contributed by atoms with E-state index >= 15 is 0 Å². The second-order valence-electron chi connectivity index (χ2n) is 6.33. The van der Waals surface area contributed by atoms with Gasteiger partial charge in [0, 0.05) is 16.9 Å². The number of aliphatic hydroxyl groups is 1. The van der Waals surface area contributed by atoms with Crippen LogP contribution in [0.15, 0.2) is 27.7 Å². The first kappa shape index (κ1) is 19.4. The number of ketones is 1. The summed E-state index contributed by atoms with van der Waals surface area (Å²) >= 11 is 9.36. The number of hydrogen-bond donors (Lipinski definition) is 2. The Kier molecular flexibility index (Phi) is 6.09. The molecule has 7 nitrogen and oxygen atoms in total. The van der Waals surface area contributed by atoms with Crippen molar-refractivity contribution >= 4 is 44.2 Å². The Hall–Kier alpha value is -1.32. The number of benzene rings is 1. The van der Waals surface area contributed by atoms with Crippen LogP contribution >= 0.6 is 27.5 Å². The first-order valence-electron chi connectivity index (χ1n) is 8.28. The largest absolute Gasteiger partial charge is 0.368 e. The third-order valence-electron chi connectivity index (χ3n) is 4.32. The minimum atomic E-state index is -0.881. The van der Waals surface area contributed by atoms with Crippen LogP contribution in [-0.4, -0.2) is 45.4 Å². The molecule has 1 aromatic heterocycles. The minimum absolute atomic E-state index is 0.0744. The lowest BCUT2D eigenvalue weighted by atomic mass is 10.1. The summed E-state index contributed by atoms with van der Waals surface area (Å²) in [5, 5.41) is 13.4. The Morgan fingerprint density at radius 3 is 3.08 bits per heavy atom. The van der Waals surface area contributed by atoms with Crippen molar-refractivity contribution in [1.82, 2.24) is 14.9 Å². The zero-order valence-electron chi connectivity index (χ0n) is 14.1. The van der Waals surface area contributed by atoms with Crippen LogP contribution < -0.4 is 10.9 Å². The second kappa shape index (κ2) is 8.14. The number of aliphatic hydroxyl groups excluding tert-OH is 1. The standard InChI is InChI=1S/C17H19BrClN3O4/c1-9(23)26-16-2-3-20-15(16)4-10(24)7-22-8-21-14-6-12(18)13(19)5-11(14)17(22)25/h5-6,8-9,15-16,20,23H,2-4,7H2,1H3. The zero-order valence-corrected chi connectivity index (χ0v) is 16.5. The van der Waals surface area contributed by atoms with Gasteiger partial charge in [-0.3, -0.25) is 14.2 Å². The van der Waals surface area contributed by atoms with Gasteiger partial charge in [-0.05, 0) is 48.0 Å². The highest BCUT2D eigenvalue weighted by Crippen LogP contribution is 2.25. The monoisotopic (exact) mass is 443 g/mol. The predicted molar refractivity (Wildman–Crippen MR) is 101 cm³/mol. The zero-order chi connectivity index (χ0) is 18.8. The number of rotatable bonds is 6. The molecule has 26 heavy (non-hydrogen) atoms. The summed E-state index contributed by atoms with van der Waals surface area (Å²) in [5.74, 6) is -0.116. The first-order chi connectivity index (χ1) is 12.3. The first-order valence-corrected chi connectivity index (χ1v) is 9.45. The Labute approximate surface area is 163 Å². The summed E-state index contributed by atoms with van der Waals surface area (Å²) in [6.07, 6.45) is 1.21. The molecule has 1 aliphatic heterocycles. The lowest BCUT2D eigenvalue weighted by molar-refractivity contribution is -0.133. The normalized spacial score (nSPS) is 21.2. The van der Waals surface area contributed by atoms with Gasteiger partial charge in [0.05, 0.1) is 34.9 Å². The van der Waals surface area contributed by atoms with Gasteiger partial charge in [0.15, 0.2) is 12.1 Å². The molecular weight excluding hydrogens is 426 g/mol. The molecule has 0 bridgehead atoms. The van der Waals surface area contributed by atoms with Gasteiger partial charge in [-0.25, -0.2) is 4.98 Å². The quantitative estimate of drug-likeness (QED) is 0.661. The molecule has 1 saturated heterocycles. The highest BCUT2D eigenvalue weighted by molar-refractivity contribution is 9.10. The van der Waals surface area contributed by atoms with E-state index in [-0.39, 0.29) is 36.5 Å². The smallest absolute Gasteiger partial charge is 0.261 e. The van der Waals surface area contributed by atoms with Gasteiger partial charge < -0.3 is 15.2 Å². The molecule has 0 spiro atoms. The maximum atomic E-state index is 12.6. The summed E-state index contributed by atoms with van der Waals surface area (Å²) in [5.41, 5.74) is 0.201. The number of ether oxygens (including phenoxy) is 1. The van der Waals surface area contributed by atoms with Crippen LogP contribution in [0.25, 0.3) is 10.9 Å². The molecule has 2 aromatic rings. The van der Waals surface area contributed by atoms with E-state index in [2.05, 4.69) is 26.2 Å². The molecular formula is C17H19BrClN3O4. The Bertz CT molecular complexity index is 886. The molecule has 140 valence electrons. The van der Waals surface area contributed by atoms with Crippen molar-refractivity contribution < 1.29 is 14.6 Å². The summed E-state index contributed by atoms with van der Waals surface area (Å²) in [6, 6.07) is 3.04. The third kappa shape index (κ3) is 4.32. The van der Waals surface area contributed by atoms with Crippen molar-refractivity contribution in [3.63, 3.8) is 0 Å². The van der Waals surface area contributed by atoms with Gasteiger partial charge in [-0.2, -0.15) is 0 Å².